The quantitative estimate of drug-likeness (QED) is 0.535. The summed E-state index contributed by atoms with van der Waals surface area (Å²) in [5, 5.41) is 2.74. The monoisotopic (exact) mass is 366 g/mol. The lowest BCUT2D eigenvalue weighted by Gasteiger charge is -2.17. The predicted octanol–water partition coefficient (Wildman–Crippen LogP) is 2.93. The summed E-state index contributed by atoms with van der Waals surface area (Å²) in [6, 6.07) is 19.8. The number of benzene rings is 2. The summed E-state index contributed by atoms with van der Waals surface area (Å²) in [7, 11) is 0. The first-order valence-electron chi connectivity index (χ1n) is 8.02. The molecular formula is C19H18N4O2S. The van der Waals surface area contributed by atoms with Crippen molar-refractivity contribution in [2.45, 2.75) is 17.3 Å². The number of carbonyl (C=O) groups excluding carboxylic acids is 1. The zero-order chi connectivity index (χ0) is 18.5. The van der Waals surface area contributed by atoms with Crippen LogP contribution in [0.15, 0.2) is 76.7 Å². The van der Waals surface area contributed by atoms with Crippen molar-refractivity contribution in [2.24, 2.45) is 0 Å². The Morgan fingerprint density at radius 2 is 1.73 bits per heavy atom. The number of nitrogens with zero attached hydrogens (tertiary/aromatic N) is 2. The Labute approximate surface area is 155 Å². The van der Waals surface area contributed by atoms with E-state index in [2.05, 4.69) is 10.3 Å². The molecule has 1 atom stereocenters. The third-order valence-electron chi connectivity index (χ3n) is 3.63. The first-order valence-corrected chi connectivity index (χ1v) is 8.90. The lowest BCUT2D eigenvalue weighted by Crippen LogP contribution is -2.24. The fourth-order valence-electron chi connectivity index (χ4n) is 2.37. The van der Waals surface area contributed by atoms with Crippen LogP contribution in [0, 0.1) is 0 Å². The van der Waals surface area contributed by atoms with E-state index in [0.29, 0.717) is 10.8 Å². The summed E-state index contributed by atoms with van der Waals surface area (Å²) < 4.78 is 1.67. The van der Waals surface area contributed by atoms with Crippen LogP contribution in [0.4, 0.5) is 11.5 Å². The molecule has 0 unspecified atom stereocenters. The van der Waals surface area contributed by atoms with Crippen molar-refractivity contribution >= 4 is 29.2 Å². The number of rotatable bonds is 5. The standard InChI is InChI=1S/C19H18N4O2S/c1-13(18(25)21-14-8-4-2-5-9-14)26-19-22-17(24)12-16(20)23(19)15-10-6-3-7-11-15/h2-13H,20H2,1H3,(H,21,25)/t13-/m1/s1. The summed E-state index contributed by atoms with van der Waals surface area (Å²) in [5.41, 5.74) is 7.09. The number of carbonyl (C=O) groups is 1. The topological polar surface area (TPSA) is 90.0 Å². The van der Waals surface area contributed by atoms with Gasteiger partial charge in [-0.3, -0.25) is 14.2 Å². The zero-order valence-corrected chi connectivity index (χ0v) is 14.9. The largest absolute Gasteiger partial charge is 0.385 e. The van der Waals surface area contributed by atoms with Gasteiger partial charge in [-0.1, -0.05) is 48.2 Å². The highest BCUT2D eigenvalue weighted by Crippen LogP contribution is 2.26. The van der Waals surface area contributed by atoms with Crippen molar-refractivity contribution in [1.29, 1.82) is 0 Å². The minimum Gasteiger partial charge on any atom is -0.385 e. The van der Waals surface area contributed by atoms with Gasteiger partial charge >= 0.3 is 0 Å². The van der Waals surface area contributed by atoms with E-state index >= 15 is 0 Å². The normalized spacial score (nSPS) is 11.7. The summed E-state index contributed by atoms with van der Waals surface area (Å²) in [6.45, 7) is 1.76. The van der Waals surface area contributed by atoms with Crippen LogP contribution >= 0.6 is 11.8 Å². The molecule has 0 bridgehead atoms. The van der Waals surface area contributed by atoms with Gasteiger partial charge in [0.05, 0.1) is 5.25 Å². The number of hydrogen-bond acceptors (Lipinski definition) is 5. The molecule has 0 aliphatic rings. The molecule has 0 radical (unpaired) electrons. The summed E-state index contributed by atoms with van der Waals surface area (Å²) in [4.78, 5) is 28.3. The smallest absolute Gasteiger partial charge is 0.275 e. The van der Waals surface area contributed by atoms with Crippen LogP contribution in [0.2, 0.25) is 0 Å². The van der Waals surface area contributed by atoms with Crippen molar-refractivity contribution in [3.8, 4) is 5.69 Å². The van der Waals surface area contributed by atoms with E-state index in [1.807, 2.05) is 60.7 Å². The number of thioether (sulfide) groups is 1. The molecule has 0 saturated heterocycles. The fourth-order valence-corrected chi connectivity index (χ4v) is 3.31. The second-order valence-corrected chi connectivity index (χ2v) is 6.90. The molecule has 0 aliphatic heterocycles. The highest BCUT2D eigenvalue weighted by molar-refractivity contribution is 8.00. The lowest BCUT2D eigenvalue weighted by atomic mass is 10.3. The number of nitrogen functional groups attached to an aromatic ring is 1. The SMILES string of the molecule is C[C@@H](Sc1nc(=O)cc(N)n1-c1ccccc1)C(=O)Nc1ccccc1. The molecule has 0 fully saturated rings. The highest BCUT2D eigenvalue weighted by atomic mass is 32.2. The van der Waals surface area contributed by atoms with E-state index in [4.69, 9.17) is 5.73 Å². The second-order valence-electron chi connectivity index (χ2n) is 5.59. The third-order valence-corrected chi connectivity index (χ3v) is 4.69. The van der Waals surface area contributed by atoms with Crippen molar-refractivity contribution in [1.82, 2.24) is 9.55 Å². The predicted molar refractivity (Wildman–Crippen MR) is 105 cm³/mol. The van der Waals surface area contributed by atoms with Gasteiger partial charge in [0, 0.05) is 17.4 Å². The molecule has 0 saturated carbocycles. The van der Waals surface area contributed by atoms with Crippen molar-refractivity contribution in [2.75, 3.05) is 11.1 Å². The average Bonchev–Trinajstić information content (AvgIpc) is 2.63. The van der Waals surface area contributed by atoms with Crippen LogP contribution in [0.25, 0.3) is 5.69 Å². The Hall–Kier alpha value is -3.06. The van der Waals surface area contributed by atoms with Gasteiger partial charge in [-0.05, 0) is 31.2 Å². The fraction of sp³-hybridized carbons (Fsp3) is 0.105. The Balaban J connectivity index is 1.87. The molecular weight excluding hydrogens is 348 g/mol. The first kappa shape index (κ1) is 17.8. The Kier molecular flexibility index (Phi) is 5.38. The first-order chi connectivity index (χ1) is 12.5. The number of hydrogen-bond donors (Lipinski definition) is 2. The van der Waals surface area contributed by atoms with E-state index in [0.717, 1.165) is 5.69 Å². The van der Waals surface area contributed by atoms with Crippen LogP contribution in [0.1, 0.15) is 6.92 Å². The highest BCUT2D eigenvalue weighted by Gasteiger charge is 2.19. The molecule has 6 nitrogen and oxygen atoms in total. The van der Waals surface area contributed by atoms with Crippen LogP contribution in [0.3, 0.4) is 0 Å². The van der Waals surface area contributed by atoms with Gasteiger partial charge in [0.1, 0.15) is 5.82 Å². The Bertz CT molecular complexity index is 958. The van der Waals surface area contributed by atoms with Gasteiger partial charge in [0.25, 0.3) is 5.56 Å². The minimum atomic E-state index is -0.473. The molecule has 3 aromatic rings. The van der Waals surface area contributed by atoms with E-state index in [1.165, 1.54) is 17.8 Å². The van der Waals surface area contributed by atoms with Crippen LogP contribution < -0.4 is 16.6 Å². The number of para-hydroxylation sites is 2. The van der Waals surface area contributed by atoms with Gasteiger partial charge in [-0.2, -0.15) is 4.98 Å². The molecule has 1 heterocycles. The molecule has 1 amide bonds. The molecule has 2 aromatic carbocycles. The lowest BCUT2D eigenvalue weighted by molar-refractivity contribution is -0.115. The van der Waals surface area contributed by atoms with Crippen molar-refractivity contribution in [3.63, 3.8) is 0 Å². The summed E-state index contributed by atoms with van der Waals surface area (Å²) >= 11 is 1.18. The number of nitrogens with one attached hydrogen (secondary N) is 1. The molecule has 0 spiro atoms. The molecule has 0 aliphatic carbocycles. The van der Waals surface area contributed by atoms with E-state index in [-0.39, 0.29) is 11.7 Å². The molecule has 26 heavy (non-hydrogen) atoms. The third kappa shape index (κ3) is 4.12. The number of amides is 1. The van der Waals surface area contributed by atoms with Crippen LogP contribution in [-0.4, -0.2) is 20.7 Å². The second kappa shape index (κ2) is 7.88. The maximum atomic E-state index is 12.5. The van der Waals surface area contributed by atoms with E-state index in [9.17, 15) is 9.59 Å². The average molecular weight is 366 g/mol. The minimum absolute atomic E-state index is 0.183. The van der Waals surface area contributed by atoms with Crippen LogP contribution in [0.5, 0.6) is 0 Å². The van der Waals surface area contributed by atoms with Gasteiger partial charge in [-0.15, -0.1) is 0 Å². The maximum absolute atomic E-state index is 12.5. The number of anilines is 2. The molecule has 3 rings (SSSR count). The zero-order valence-electron chi connectivity index (χ0n) is 14.1. The summed E-state index contributed by atoms with van der Waals surface area (Å²) in [6.07, 6.45) is 0. The number of nitrogens with two attached hydrogens (primary N) is 1. The van der Waals surface area contributed by atoms with Gasteiger partial charge in [0.2, 0.25) is 5.91 Å². The number of aromatic nitrogens is 2. The molecule has 132 valence electrons. The van der Waals surface area contributed by atoms with Crippen molar-refractivity contribution in [3.05, 3.63) is 77.1 Å². The molecule has 7 heteroatoms. The van der Waals surface area contributed by atoms with Gasteiger partial charge in [0.15, 0.2) is 5.16 Å². The van der Waals surface area contributed by atoms with Crippen molar-refractivity contribution < 1.29 is 4.79 Å². The maximum Gasteiger partial charge on any atom is 0.275 e. The van der Waals surface area contributed by atoms with Crippen LogP contribution in [-0.2, 0) is 4.79 Å². The van der Waals surface area contributed by atoms with Gasteiger partial charge in [-0.25, -0.2) is 0 Å². The Morgan fingerprint density at radius 1 is 1.12 bits per heavy atom. The Morgan fingerprint density at radius 3 is 2.38 bits per heavy atom. The summed E-state index contributed by atoms with van der Waals surface area (Å²) in [5.74, 6) is 0.0897. The van der Waals surface area contributed by atoms with E-state index in [1.54, 1.807) is 11.5 Å². The molecule has 1 aromatic heterocycles. The van der Waals surface area contributed by atoms with Gasteiger partial charge < -0.3 is 11.1 Å². The van der Waals surface area contributed by atoms with E-state index < -0.39 is 10.8 Å². The molecule has 3 N–H and O–H groups in total.